The molecule has 0 radical (unpaired) electrons. The van der Waals surface area contributed by atoms with Crippen molar-refractivity contribution in [2.24, 2.45) is 0 Å². The smallest absolute Gasteiger partial charge is 0.410 e. The molecule has 1 aliphatic heterocycles. The molecule has 0 bridgehead atoms. The Morgan fingerprint density at radius 2 is 1.73 bits per heavy atom. The molecule has 2 heterocycles. The van der Waals surface area contributed by atoms with Crippen molar-refractivity contribution in [3.63, 3.8) is 0 Å². The fourth-order valence-electron chi connectivity index (χ4n) is 4.16. The van der Waals surface area contributed by atoms with E-state index in [0.717, 1.165) is 26.8 Å². The predicted molar refractivity (Wildman–Crippen MR) is 143 cm³/mol. The van der Waals surface area contributed by atoms with Crippen molar-refractivity contribution in [3.8, 4) is 17.2 Å². The molecule has 2 N–H and O–H groups in total. The second-order valence-corrected chi connectivity index (χ2v) is 9.41. The predicted octanol–water partition coefficient (Wildman–Crippen LogP) is 5.15. The van der Waals surface area contributed by atoms with Crippen LogP contribution in [-0.4, -0.2) is 51.4 Å². The van der Waals surface area contributed by atoms with E-state index in [4.69, 9.17) is 18.9 Å². The lowest BCUT2D eigenvalue weighted by Crippen LogP contribution is -2.36. The van der Waals surface area contributed by atoms with Gasteiger partial charge in [0.05, 0.1) is 45.7 Å². The SMILES string of the molecule is CCOC(=O)N1CCc2c(sc(NCc3ccc(OC)cc3)c2C(=O)Nc2cc(OC)ccc2OC)C1. The molecule has 9 nitrogen and oxygen atoms in total. The van der Waals surface area contributed by atoms with Gasteiger partial charge in [-0.05, 0) is 48.7 Å². The number of anilines is 2. The highest BCUT2D eigenvalue weighted by Crippen LogP contribution is 2.39. The van der Waals surface area contributed by atoms with Crippen LogP contribution in [0, 0.1) is 0 Å². The Bertz CT molecular complexity index is 1260. The quantitative estimate of drug-likeness (QED) is 0.399. The highest BCUT2D eigenvalue weighted by molar-refractivity contribution is 7.16. The minimum absolute atomic E-state index is 0.258. The second-order valence-electron chi connectivity index (χ2n) is 8.30. The Hall–Kier alpha value is -3.92. The fourth-order valence-corrected chi connectivity index (χ4v) is 5.42. The van der Waals surface area contributed by atoms with Crippen LogP contribution in [0.4, 0.5) is 15.5 Å². The Morgan fingerprint density at radius 1 is 1.00 bits per heavy atom. The van der Waals surface area contributed by atoms with Gasteiger partial charge in [-0.3, -0.25) is 4.79 Å². The van der Waals surface area contributed by atoms with Crippen LogP contribution >= 0.6 is 11.3 Å². The first-order valence-corrected chi connectivity index (χ1v) is 12.7. The minimum atomic E-state index is -0.346. The molecule has 196 valence electrons. The maximum absolute atomic E-state index is 13.7. The summed E-state index contributed by atoms with van der Waals surface area (Å²) in [6.45, 7) is 3.50. The normalized spacial score (nSPS) is 12.4. The van der Waals surface area contributed by atoms with Gasteiger partial charge < -0.3 is 34.5 Å². The number of carbonyl (C=O) groups excluding carboxylic acids is 2. The van der Waals surface area contributed by atoms with Crippen LogP contribution in [0.5, 0.6) is 17.2 Å². The number of hydrogen-bond acceptors (Lipinski definition) is 8. The third-order valence-corrected chi connectivity index (χ3v) is 7.25. The zero-order valence-electron chi connectivity index (χ0n) is 21.4. The van der Waals surface area contributed by atoms with Crippen molar-refractivity contribution in [1.29, 1.82) is 0 Å². The van der Waals surface area contributed by atoms with Crippen molar-refractivity contribution < 1.29 is 28.5 Å². The number of thiophene rings is 1. The third-order valence-electron chi connectivity index (χ3n) is 6.08. The van der Waals surface area contributed by atoms with Gasteiger partial charge in [-0.1, -0.05) is 12.1 Å². The maximum atomic E-state index is 13.7. The molecule has 4 rings (SSSR count). The van der Waals surface area contributed by atoms with Gasteiger partial charge in [0.25, 0.3) is 5.91 Å². The van der Waals surface area contributed by atoms with Crippen LogP contribution in [0.2, 0.25) is 0 Å². The zero-order chi connectivity index (χ0) is 26.4. The van der Waals surface area contributed by atoms with Crippen molar-refractivity contribution >= 4 is 34.0 Å². The lowest BCUT2D eigenvalue weighted by Gasteiger charge is -2.26. The zero-order valence-corrected chi connectivity index (χ0v) is 22.2. The molecule has 0 unspecified atom stereocenters. The number of fused-ring (bicyclic) bond motifs is 1. The summed E-state index contributed by atoms with van der Waals surface area (Å²) in [5, 5.41) is 7.18. The summed E-state index contributed by atoms with van der Waals surface area (Å²) >= 11 is 1.48. The van der Waals surface area contributed by atoms with Gasteiger partial charge >= 0.3 is 6.09 Å². The molecule has 2 amide bonds. The highest BCUT2D eigenvalue weighted by atomic mass is 32.1. The fraction of sp³-hybridized carbons (Fsp3) is 0.333. The van der Waals surface area contributed by atoms with Crippen LogP contribution in [0.15, 0.2) is 42.5 Å². The Balaban J connectivity index is 1.64. The lowest BCUT2D eigenvalue weighted by atomic mass is 10.0. The molecule has 2 aromatic carbocycles. The monoisotopic (exact) mass is 525 g/mol. The van der Waals surface area contributed by atoms with Gasteiger partial charge in [-0.15, -0.1) is 11.3 Å². The lowest BCUT2D eigenvalue weighted by molar-refractivity contribution is 0.102. The third kappa shape index (κ3) is 5.91. The highest BCUT2D eigenvalue weighted by Gasteiger charge is 2.30. The minimum Gasteiger partial charge on any atom is -0.497 e. The van der Waals surface area contributed by atoms with E-state index < -0.39 is 0 Å². The average molecular weight is 526 g/mol. The number of carbonyl (C=O) groups is 2. The van der Waals surface area contributed by atoms with Crippen LogP contribution in [0.1, 0.15) is 33.3 Å². The summed E-state index contributed by atoms with van der Waals surface area (Å²) in [5.41, 5.74) is 3.06. The van der Waals surface area contributed by atoms with Gasteiger partial charge in [0.15, 0.2) is 0 Å². The molecule has 1 aliphatic rings. The maximum Gasteiger partial charge on any atom is 0.410 e. The molecule has 0 spiro atoms. The number of nitrogens with zero attached hydrogens (tertiary/aromatic N) is 1. The number of nitrogens with one attached hydrogen (secondary N) is 2. The topological polar surface area (TPSA) is 98.4 Å². The van der Waals surface area contributed by atoms with E-state index in [1.54, 1.807) is 51.4 Å². The molecule has 37 heavy (non-hydrogen) atoms. The first-order chi connectivity index (χ1) is 18.0. The van der Waals surface area contributed by atoms with E-state index in [2.05, 4.69) is 10.6 Å². The molecule has 0 aliphatic carbocycles. The second kappa shape index (κ2) is 11.9. The first-order valence-electron chi connectivity index (χ1n) is 11.9. The van der Waals surface area contributed by atoms with Gasteiger partial charge in [-0.2, -0.15) is 0 Å². The molecule has 0 saturated heterocycles. The Morgan fingerprint density at radius 3 is 2.41 bits per heavy atom. The van der Waals surface area contributed by atoms with Gasteiger partial charge in [0.2, 0.25) is 0 Å². The first kappa shape index (κ1) is 26.2. The summed E-state index contributed by atoms with van der Waals surface area (Å²) in [7, 11) is 4.75. The number of ether oxygens (including phenoxy) is 4. The Labute approximate surface area is 220 Å². The average Bonchev–Trinajstić information content (AvgIpc) is 3.30. The summed E-state index contributed by atoms with van der Waals surface area (Å²) < 4.78 is 21.2. The summed E-state index contributed by atoms with van der Waals surface area (Å²) in [4.78, 5) is 28.7. The van der Waals surface area contributed by atoms with Crippen LogP contribution in [0.3, 0.4) is 0 Å². The van der Waals surface area contributed by atoms with E-state index in [1.165, 1.54) is 11.3 Å². The molecule has 0 saturated carbocycles. The van der Waals surface area contributed by atoms with Gasteiger partial charge in [-0.25, -0.2) is 4.79 Å². The molecule has 1 aromatic heterocycles. The van der Waals surface area contributed by atoms with Crippen molar-refractivity contribution in [2.75, 3.05) is 45.1 Å². The molecule has 3 aromatic rings. The van der Waals surface area contributed by atoms with E-state index >= 15 is 0 Å². The van der Waals surface area contributed by atoms with Crippen molar-refractivity contribution in [2.45, 2.75) is 26.4 Å². The molecule has 0 fully saturated rings. The molecule has 0 atom stereocenters. The summed E-state index contributed by atoms with van der Waals surface area (Å²) in [6, 6.07) is 13.0. The standard InChI is InChI=1S/C27H31N3O6S/c1-5-36-27(32)30-13-12-20-23(16-30)37-26(28-15-17-6-8-18(33-2)9-7-17)24(20)25(31)29-21-14-19(34-3)10-11-22(21)35-4/h6-11,14,28H,5,12-13,15-16H2,1-4H3,(H,29,31). The number of hydrogen-bond donors (Lipinski definition) is 2. The molecule has 10 heteroatoms. The van der Waals surface area contributed by atoms with E-state index in [9.17, 15) is 9.59 Å². The summed E-state index contributed by atoms with van der Waals surface area (Å²) in [5.74, 6) is 1.65. The van der Waals surface area contributed by atoms with Gasteiger partial charge in [0.1, 0.15) is 22.2 Å². The van der Waals surface area contributed by atoms with Crippen LogP contribution < -0.4 is 24.8 Å². The van der Waals surface area contributed by atoms with Gasteiger partial charge in [0, 0.05) is 24.0 Å². The number of methoxy groups -OCH3 is 3. The molecular weight excluding hydrogens is 494 g/mol. The van der Waals surface area contributed by atoms with E-state index in [-0.39, 0.29) is 12.0 Å². The van der Waals surface area contributed by atoms with Crippen molar-refractivity contribution in [3.05, 3.63) is 64.0 Å². The number of benzene rings is 2. The van der Waals surface area contributed by atoms with E-state index in [0.29, 0.717) is 55.4 Å². The van der Waals surface area contributed by atoms with Crippen molar-refractivity contribution in [1.82, 2.24) is 4.90 Å². The van der Waals surface area contributed by atoms with Crippen LogP contribution in [0.25, 0.3) is 0 Å². The summed E-state index contributed by atoms with van der Waals surface area (Å²) in [6.07, 6.45) is 0.203. The number of amides is 2. The Kier molecular flexibility index (Phi) is 8.39. The van der Waals surface area contributed by atoms with E-state index in [1.807, 2.05) is 24.3 Å². The number of rotatable bonds is 9. The molecular formula is C27H31N3O6S. The van der Waals surface area contributed by atoms with Crippen LogP contribution in [-0.2, 0) is 24.2 Å². The largest absolute Gasteiger partial charge is 0.497 e.